The molecule has 1 aromatic heterocycles. The van der Waals surface area contributed by atoms with Gasteiger partial charge in [-0.15, -0.1) is 0 Å². The van der Waals surface area contributed by atoms with Gasteiger partial charge in [-0.25, -0.2) is 0 Å². The van der Waals surface area contributed by atoms with Gasteiger partial charge in [-0.05, 0) is 12.1 Å². The summed E-state index contributed by atoms with van der Waals surface area (Å²) < 4.78 is 0. The van der Waals surface area contributed by atoms with Crippen molar-refractivity contribution in [2.45, 2.75) is 19.8 Å². The van der Waals surface area contributed by atoms with Gasteiger partial charge in [-0.3, -0.25) is 4.98 Å². The molecule has 0 aliphatic carbocycles. The fraction of sp³-hybridized carbons (Fsp3) is 0.538. The average molecular weight is 233 g/mol. The zero-order chi connectivity index (χ0) is 12.1. The monoisotopic (exact) mass is 233 g/mol. The minimum absolute atomic E-state index is 0.359. The molecule has 0 radical (unpaired) electrons. The maximum atomic E-state index is 8.82. The molecule has 0 aromatic carbocycles. The first-order chi connectivity index (χ1) is 8.29. The lowest BCUT2D eigenvalue weighted by atomic mass is 9.97. The molecular weight excluding hydrogens is 214 g/mol. The smallest absolute Gasteiger partial charge is 0.0624 e. The topological polar surface area (TPSA) is 48.7 Å². The van der Waals surface area contributed by atoms with E-state index in [0.29, 0.717) is 5.92 Å². The van der Waals surface area contributed by atoms with E-state index in [1.807, 2.05) is 18.3 Å². The highest BCUT2D eigenvalue weighted by Crippen LogP contribution is 2.13. The molecule has 2 rings (SSSR count). The number of hydrogen-bond acceptors (Lipinski definition) is 4. The lowest BCUT2D eigenvalue weighted by molar-refractivity contribution is 0.237. The van der Waals surface area contributed by atoms with E-state index in [1.165, 1.54) is 0 Å². The molecule has 0 saturated carbocycles. The second kappa shape index (κ2) is 5.77. The van der Waals surface area contributed by atoms with E-state index in [2.05, 4.69) is 28.0 Å². The molecule has 1 saturated heterocycles. The molecule has 17 heavy (non-hydrogen) atoms. The van der Waals surface area contributed by atoms with Gasteiger partial charge in [0.05, 0.1) is 5.71 Å². The SMILES string of the molecule is CC1CN(CCc2ccccn2)CC/C1=N\O. The van der Waals surface area contributed by atoms with E-state index < -0.39 is 0 Å². The molecule has 1 atom stereocenters. The molecule has 1 aliphatic heterocycles. The zero-order valence-corrected chi connectivity index (χ0v) is 10.2. The first-order valence-electron chi connectivity index (χ1n) is 6.12. The van der Waals surface area contributed by atoms with Crippen molar-refractivity contribution in [1.29, 1.82) is 0 Å². The van der Waals surface area contributed by atoms with Crippen LogP contribution in [0.3, 0.4) is 0 Å². The average Bonchev–Trinajstić information content (AvgIpc) is 2.38. The Morgan fingerprint density at radius 3 is 3.06 bits per heavy atom. The summed E-state index contributed by atoms with van der Waals surface area (Å²) in [7, 11) is 0. The van der Waals surface area contributed by atoms with Gasteiger partial charge in [0, 0.05) is 50.3 Å². The maximum absolute atomic E-state index is 8.82. The number of nitrogens with zero attached hydrogens (tertiary/aromatic N) is 3. The third kappa shape index (κ3) is 3.27. The molecule has 4 heteroatoms. The van der Waals surface area contributed by atoms with E-state index in [1.54, 1.807) is 0 Å². The van der Waals surface area contributed by atoms with Crippen LogP contribution in [-0.2, 0) is 6.42 Å². The lowest BCUT2D eigenvalue weighted by Gasteiger charge is -2.31. The van der Waals surface area contributed by atoms with E-state index in [9.17, 15) is 0 Å². The van der Waals surface area contributed by atoms with Crippen LogP contribution in [-0.4, -0.2) is 40.4 Å². The van der Waals surface area contributed by atoms with Gasteiger partial charge in [0.25, 0.3) is 0 Å². The van der Waals surface area contributed by atoms with Gasteiger partial charge in [0.15, 0.2) is 0 Å². The van der Waals surface area contributed by atoms with Crippen LogP contribution in [0.5, 0.6) is 0 Å². The second-order valence-electron chi connectivity index (χ2n) is 4.61. The maximum Gasteiger partial charge on any atom is 0.0624 e. The molecule has 1 N–H and O–H groups in total. The summed E-state index contributed by atoms with van der Waals surface area (Å²) in [5.41, 5.74) is 2.07. The van der Waals surface area contributed by atoms with Crippen LogP contribution >= 0.6 is 0 Å². The molecule has 0 bridgehead atoms. The Morgan fingerprint density at radius 2 is 2.41 bits per heavy atom. The van der Waals surface area contributed by atoms with Crippen molar-refractivity contribution in [2.24, 2.45) is 11.1 Å². The van der Waals surface area contributed by atoms with E-state index in [-0.39, 0.29) is 0 Å². The van der Waals surface area contributed by atoms with Crippen molar-refractivity contribution in [3.8, 4) is 0 Å². The van der Waals surface area contributed by atoms with Crippen molar-refractivity contribution in [3.05, 3.63) is 30.1 Å². The molecule has 92 valence electrons. The minimum atomic E-state index is 0.359. The second-order valence-corrected chi connectivity index (χ2v) is 4.61. The van der Waals surface area contributed by atoms with E-state index in [4.69, 9.17) is 5.21 Å². The molecular formula is C13H19N3O. The summed E-state index contributed by atoms with van der Waals surface area (Å²) >= 11 is 0. The fourth-order valence-electron chi connectivity index (χ4n) is 2.27. The normalized spacial score (nSPS) is 24.1. The lowest BCUT2D eigenvalue weighted by Crippen LogP contribution is -2.40. The van der Waals surface area contributed by atoms with Gasteiger partial charge in [0.2, 0.25) is 0 Å². The first-order valence-corrected chi connectivity index (χ1v) is 6.12. The number of piperidine rings is 1. The van der Waals surface area contributed by atoms with Crippen molar-refractivity contribution >= 4 is 5.71 Å². The summed E-state index contributed by atoms with van der Waals surface area (Å²) in [6.45, 7) is 5.10. The Balaban J connectivity index is 1.82. The highest BCUT2D eigenvalue weighted by Gasteiger charge is 2.21. The molecule has 4 nitrogen and oxygen atoms in total. The van der Waals surface area contributed by atoms with E-state index >= 15 is 0 Å². The molecule has 2 heterocycles. The quantitative estimate of drug-likeness (QED) is 0.639. The summed E-state index contributed by atoms with van der Waals surface area (Å²) in [6.07, 6.45) is 3.70. The molecule has 0 amide bonds. The number of oxime groups is 1. The van der Waals surface area contributed by atoms with Crippen LogP contribution in [0.2, 0.25) is 0 Å². The number of aromatic nitrogens is 1. The predicted molar refractivity (Wildman–Crippen MR) is 67.4 cm³/mol. The summed E-state index contributed by atoms with van der Waals surface area (Å²) in [5, 5.41) is 12.2. The minimum Gasteiger partial charge on any atom is -0.411 e. The predicted octanol–water partition coefficient (Wildman–Crippen LogP) is 1.80. The highest BCUT2D eigenvalue weighted by atomic mass is 16.4. The Morgan fingerprint density at radius 1 is 1.53 bits per heavy atom. The fourth-order valence-corrected chi connectivity index (χ4v) is 2.27. The van der Waals surface area contributed by atoms with Gasteiger partial charge >= 0.3 is 0 Å². The summed E-state index contributed by atoms with van der Waals surface area (Å²) in [5.74, 6) is 0.359. The number of pyridine rings is 1. The van der Waals surface area contributed by atoms with Gasteiger partial charge < -0.3 is 10.1 Å². The van der Waals surface area contributed by atoms with Gasteiger partial charge in [0.1, 0.15) is 0 Å². The molecule has 1 aromatic rings. The van der Waals surface area contributed by atoms with Crippen LogP contribution < -0.4 is 0 Å². The Hall–Kier alpha value is -1.42. The van der Waals surface area contributed by atoms with Gasteiger partial charge in [-0.2, -0.15) is 0 Å². The molecule has 1 fully saturated rings. The molecule has 0 spiro atoms. The van der Waals surface area contributed by atoms with Crippen molar-refractivity contribution in [1.82, 2.24) is 9.88 Å². The largest absolute Gasteiger partial charge is 0.411 e. The third-order valence-electron chi connectivity index (χ3n) is 3.32. The van der Waals surface area contributed by atoms with Crippen molar-refractivity contribution < 1.29 is 5.21 Å². The Kier molecular flexibility index (Phi) is 4.09. The number of likely N-dealkylation sites (tertiary alicyclic amines) is 1. The molecule has 1 unspecified atom stereocenters. The Bertz CT molecular complexity index is 378. The standard InChI is InChI=1S/C13H19N3O/c1-11-10-16(9-6-13(11)15-17)8-5-12-4-2-3-7-14-12/h2-4,7,11,17H,5-6,8-10H2,1H3/b15-13+. The van der Waals surface area contributed by atoms with Crippen molar-refractivity contribution in [2.75, 3.05) is 19.6 Å². The van der Waals surface area contributed by atoms with Crippen LogP contribution in [0.1, 0.15) is 19.0 Å². The van der Waals surface area contributed by atoms with Crippen LogP contribution in [0.4, 0.5) is 0 Å². The number of rotatable bonds is 3. The molecule has 1 aliphatic rings. The Labute approximate surface area is 102 Å². The summed E-state index contributed by atoms with van der Waals surface area (Å²) in [4.78, 5) is 6.73. The zero-order valence-electron chi connectivity index (χ0n) is 10.2. The van der Waals surface area contributed by atoms with Crippen LogP contribution in [0.15, 0.2) is 29.6 Å². The van der Waals surface area contributed by atoms with Crippen molar-refractivity contribution in [3.63, 3.8) is 0 Å². The van der Waals surface area contributed by atoms with Crippen LogP contribution in [0.25, 0.3) is 0 Å². The van der Waals surface area contributed by atoms with Crippen LogP contribution in [0, 0.1) is 5.92 Å². The highest BCUT2D eigenvalue weighted by molar-refractivity contribution is 5.86. The van der Waals surface area contributed by atoms with E-state index in [0.717, 1.165) is 43.9 Å². The third-order valence-corrected chi connectivity index (χ3v) is 3.32. The summed E-state index contributed by atoms with van der Waals surface area (Å²) in [6, 6.07) is 6.03. The van der Waals surface area contributed by atoms with Gasteiger partial charge in [-0.1, -0.05) is 18.1 Å². The number of hydrogen-bond donors (Lipinski definition) is 1. The first kappa shape index (κ1) is 12.0.